The van der Waals surface area contributed by atoms with Gasteiger partial charge in [0.1, 0.15) is 11.6 Å². The molecule has 0 radical (unpaired) electrons. The highest BCUT2D eigenvalue weighted by atomic mass is 35.5. The molecule has 4 nitrogen and oxygen atoms in total. The van der Waals surface area contributed by atoms with Crippen LogP contribution in [0.25, 0.3) is 0 Å². The van der Waals surface area contributed by atoms with E-state index in [2.05, 4.69) is 12.6 Å². The van der Waals surface area contributed by atoms with Gasteiger partial charge in [-0.15, -0.1) is 12.6 Å². The number of sulfone groups is 1. The Balaban J connectivity index is 2.68. The lowest BCUT2D eigenvalue weighted by atomic mass is 10.3. The minimum atomic E-state index is -4.37. The van der Waals surface area contributed by atoms with Crippen molar-refractivity contribution in [1.82, 2.24) is 0 Å². The SMILES string of the molecule is O=S([O-])c1c(F)cc(S(=O)(=O)c2cc(F)c(S)c(Cl)c2)cc1Cl. The zero-order valence-electron chi connectivity index (χ0n) is 10.7. The van der Waals surface area contributed by atoms with Crippen molar-refractivity contribution >= 4 is 56.7 Å². The number of thiol groups is 1. The van der Waals surface area contributed by atoms with E-state index in [0.29, 0.717) is 12.1 Å². The predicted octanol–water partition coefficient (Wildman–Crippen LogP) is 3.63. The van der Waals surface area contributed by atoms with Crippen LogP contribution in [0.1, 0.15) is 0 Å². The zero-order chi connectivity index (χ0) is 17.5. The molecule has 2 aromatic carbocycles. The van der Waals surface area contributed by atoms with Gasteiger partial charge in [-0.25, -0.2) is 17.2 Å². The van der Waals surface area contributed by atoms with Crippen LogP contribution in [0.3, 0.4) is 0 Å². The fraction of sp³-hybridized carbons (Fsp3) is 0. The first-order valence-corrected chi connectivity index (χ1v) is 9.33. The number of benzene rings is 2. The van der Waals surface area contributed by atoms with E-state index < -0.39 is 52.3 Å². The van der Waals surface area contributed by atoms with Crippen LogP contribution in [0.2, 0.25) is 10.0 Å². The smallest absolute Gasteiger partial charge is 0.206 e. The van der Waals surface area contributed by atoms with Gasteiger partial charge in [-0.1, -0.05) is 23.2 Å². The first-order chi connectivity index (χ1) is 10.6. The molecule has 0 heterocycles. The fourth-order valence-electron chi connectivity index (χ4n) is 1.68. The third kappa shape index (κ3) is 3.54. The van der Waals surface area contributed by atoms with Crippen LogP contribution in [0, 0.1) is 11.6 Å². The standard InChI is InChI=1S/C12H6Cl2F2O4S3/c13-7-1-5(3-9(15)11(7)21)23(19,20)6-2-8(14)12(22(17)18)10(16)4-6/h1-4,21H,(H,17,18)/p-1. The largest absolute Gasteiger partial charge is 0.768 e. The summed E-state index contributed by atoms with van der Waals surface area (Å²) in [6.45, 7) is 0. The van der Waals surface area contributed by atoms with E-state index in [-0.39, 0.29) is 9.92 Å². The van der Waals surface area contributed by atoms with Crippen molar-refractivity contribution in [3.05, 3.63) is 45.9 Å². The number of hydrogen-bond acceptors (Lipinski definition) is 5. The molecule has 0 aliphatic heterocycles. The lowest BCUT2D eigenvalue weighted by Crippen LogP contribution is -2.06. The monoisotopic (exact) mass is 417 g/mol. The third-order valence-corrected chi connectivity index (χ3v) is 6.50. The normalized spacial score (nSPS) is 13.1. The lowest BCUT2D eigenvalue weighted by Gasteiger charge is -2.12. The molecule has 0 fully saturated rings. The summed E-state index contributed by atoms with van der Waals surface area (Å²) in [4.78, 5) is -2.30. The van der Waals surface area contributed by atoms with Crippen LogP contribution in [-0.4, -0.2) is 17.2 Å². The van der Waals surface area contributed by atoms with E-state index in [4.69, 9.17) is 23.2 Å². The maximum atomic E-state index is 13.8. The second-order valence-electron chi connectivity index (χ2n) is 4.19. The summed E-state index contributed by atoms with van der Waals surface area (Å²) < 4.78 is 73.9. The maximum Gasteiger partial charge on any atom is 0.206 e. The molecule has 124 valence electrons. The van der Waals surface area contributed by atoms with Gasteiger partial charge in [0.25, 0.3) is 0 Å². The first-order valence-electron chi connectivity index (χ1n) is 5.57. The van der Waals surface area contributed by atoms with Gasteiger partial charge in [-0.2, -0.15) is 0 Å². The van der Waals surface area contributed by atoms with Crippen molar-refractivity contribution in [3.63, 3.8) is 0 Å². The average molecular weight is 418 g/mol. The molecule has 0 bridgehead atoms. The van der Waals surface area contributed by atoms with Crippen molar-refractivity contribution in [3.8, 4) is 0 Å². The van der Waals surface area contributed by atoms with E-state index >= 15 is 0 Å². The van der Waals surface area contributed by atoms with E-state index in [1.807, 2.05) is 0 Å². The van der Waals surface area contributed by atoms with Gasteiger partial charge in [0.05, 0.1) is 29.6 Å². The molecule has 0 saturated heterocycles. The molecule has 2 aromatic rings. The van der Waals surface area contributed by atoms with Crippen molar-refractivity contribution in [1.29, 1.82) is 0 Å². The van der Waals surface area contributed by atoms with Gasteiger partial charge in [0.2, 0.25) is 9.84 Å². The van der Waals surface area contributed by atoms with Crippen molar-refractivity contribution in [2.45, 2.75) is 19.6 Å². The second kappa shape index (κ2) is 6.66. The van der Waals surface area contributed by atoms with E-state index in [9.17, 15) is 26.0 Å². The van der Waals surface area contributed by atoms with Crippen LogP contribution in [-0.2, 0) is 20.9 Å². The summed E-state index contributed by atoms with van der Waals surface area (Å²) in [5.41, 5.74) is 0. The van der Waals surface area contributed by atoms with Crippen LogP contribution < -0.4 is 0 Å². The molecule has 1 unspecified atom stereocenters. The molecule has 0 spiro atoms. The molecule has 11 heteroatoms. The summed E-state index contributed by atoms with van der Waals surface area (Å²) >= 11 is 12.1. The molecular formula is C12H5Cl2F2O4S3-. The highest BCUT2D eigenvalue weighted by Crippen LogP contribution is 2.33. The Morgan fingerprint density at radius 2 is 1.48 bits per heavy atom. The van der Waals surface area contributed by atoms with Gasteiger partial charge in [-0.05, 0) is 35.3 Å². The van der Waals surface area contributed by atoms with Gasteiger partial charge >= 0.3 is 0 Å². The topological polar surface area (TPSA) is 74.3 Å². The predicted molar refractivity (Wildman–Crippen MR) is 82.7 cm³/mol. The van der Waals surface area contributed by atoms with E-state index in [1.165, 1.54) is 0 Å². The molecule has 0 amide bonds. The lowest BCUT2D eigenvalue weighted by molar-refractivity contribution is 0.521. The van der Waals surface area contributed by atoms with Crippen molar-refractivity contribution < 1.29 is 26.0 Å². The molecule has 0 N–H and O–H groups in total. The summed E-state index contributed by atoms with van der Waals surface area (Å²) in [5, 5.41) is -0.870. The summed E-state index contributed by atoms with van der Waals surface area (Å²) in [5.74, 6) is -2.33. The Bertz CT molecular complexity index is 886. The Hall–Kier alpha value is -0.710. The van der Waals surface area contributed by atoms with Gasteiger partial charge in [0.15, 0.2) is 0 Å². The molecular weight excluding hydrogens is 413 g/mol. The summed E-state index contributed by atoms with van der Waals surface area (Å²) in [6, 6.07) is 2.83. The van der Waals surface area contributed by atoms with Crippen LogP contribution in [0.15, 0.2) is 43.8 Å². The fourth-order valence-corrected chi connectivity index (χ4v) is 4.32. The second-order valence-corrected chi connectivity index (χ2v) is 8.28. The highest BCUT2D eigenvalue weighted by molar-refractivity contribution is 7.91. The van der Waals surface area contributed by atoms with Crippen molar-refractivity contribution in [2.24, 2.45) is 0 Å². The number of hydrogen-bond donors (Lipinski definition) is 1. The van der Waals surface area contributed by atoms with Crippen LogP contribution in [0.5, 0.6) is 0 Å². The number of rotatable bonds is 3. The van der Waals surface area contributed by atoms with Crippen molar-refractivity contribution in [2.75, 3.05) is 0 Å². The molecule has 0 aromatic heterocycles. The molecule has 2 rings (SSSR count). The minimum absolute atomic E-state index is 0.244. The maximum absolute atomic E-state index is 13.8. The third-order valence-electron chi connectivity index (χ3n) is 2.75. The number of halogens is 4. The molecule has 0 aliphatic rings. The first kappa shape index (κ1) is 18.6. The van der Waals surface area contributed by atoms with E-state index in [1.54, 1.807) is 0 Å². The van der Waals surface area contributed by atoms with Gasteiger partial charge < -0.3 is 4.55 Å². The highest BCUT2D eigenvalue weighted by Gasteiger charge is 2.24. The van der Waals surface area contributed by atoms with Gasteiger partial charge in [0, 0.05) is 0 Å². The Kier molecular flexibility index (Phi) is 5.39. The van der Waals surface area contributed by atoms with E-state index in [0.717, 1.165) is 12.1 Å². The zero-order valence-corrected chi connectivity index (χ0v) is 14.8. The Labute approximate surface area is 148 Å². The molecule has 0 aliphatic carbocycles. The molecule has 1 atom stereocenters. The minimum Gasteiger partial charge on any atom is -0.768 e. The van der Waals surface area contributed by atoms with Crippen LogP contribution in [0.4, 0.5) is 8.78 Å². The quantitative estimate of drug-likeness (QED) is 0.610. The summed E-state index contributed by atoms with van der Waals surface area (Å²) in [7, 11) is -4.37. The Morgan fingerprint density at radius 3 is 1.91 bits per heavy atom. The molecule has 23 heavy (non-hydrogen) atoms. The molecule has 0 saturated carbocycles. The Morgan fingerprint density at radius 1 is 1.00 bits per heavy atom. The average Bonchev–Trinajstić information content (AvgIpc) is 2.42. The summed E-state index contributed by atoms with van der Waals surface area (Å²) in [6.07, 6.45) is 0. The van der Waals surface area contributed by atoms with Gasteiger partial charge in [-0.3, -0.25) is 4.21 Å². The van der Waals surface area contributed by atoms with Crippen LogP contribution >= 0.6 is 35.8 Å².